The Bertz CT molecular complexity index is 823. The molecule has 142 valence electrons. The van der Waals surface area contributed by atoms with Crippen LogP contribution in [0, 0.1) is 0 Å². The lowest BCUT2D eigenvalue weighted by atomic mass is 10.2. The van der Waals surface area contributed by atoms with E-state index in [0.717, 1.165) is 6.42 Å². The van der Waals surface area contributed by atoms with Crippen molar-refractivity contribution < 1.29 is 19.1 Å². The van der Waals surface area contributed by atoms with E-state index in [4.69, 9.17) is 32.7 Å². The van der Waals surface area contributed by atoms with Crippen LogP contribution in [-0.2, 0) is 9.53 Å². The van der Waals surface area contributed by atoms with Gasteiger partial charge in [-0.3, -0.25) is 4.79 Å². The maximum atomic E-state index is 11.8. The fourth-order valence-electron chi connectivity index (χ4n) is 1.93. The number of halogens is 2. The number of esters is 1. The Morgan fingerprint density at radius 2 is 1.89 bits per heavy atom. The summed E-state index contributed by atoms with van der Waals surface area (Å²) in [6.45, 7) is 2.06. The third-order valence-electron chi connectivity index (χ3n) is 3.25. The van der Waals surface area contributed by atoms with Crippen molar-refractivity contribution in [3.05, 3.63) is 63.6 Å². The number of carbonyl (C=O) groups excluding carboxylic acids is 2. The van der Waals surface area contributed by atoms with E-state index in [9.17, 15) is 9.59 Å². The molecule has 0 atom stereocenters. The predicted molar refractivity (Wildman–Crippen MR) is 105 cm³/mol. The molecule has 0 aromatic heterocycles. The minimum absolute atomic E-state index is 0.231. The number of carbonyl (C=O) groups is 2. The Morgan fingerprint density at radius 3 is 2.56 bits per heavy atom. The first-order valence-electron chi connectivity index (χ1n) is 8.16. The number of hydrogen-bond acceptors (Lipinski definition) is 5. The van der Waals surface area contributed by atoms with Gasteiger partial charge < -0.3 is 9.47 Å². The number of hydrazone groups is 1. The second kappa shape index (κ2) is 10.5. The number of amides is 1. The van der Waals surface area contributed by atoms with Gasteiger partial charge in [-0.25, -0.2) is 10.2 Å². The number of nitrogens with one attached hydrogen (secondary N) is 1. The molecule has 0 fully saturated rings. The summed E-state index contributed by atoms with van der Waals surface area (Å²) < 4.78 is 10.4. The second-order valence-corrected chi connectivity index (χ2v) is 6.25. The summed E-state index contributed by atoms with van der Waals surface area (Å²) in [7, 11) is 0. The highest BCUT2D eigenvalue weighted by molar-refractivity contribution is 6.36. The van der Waals surface area contributed by atoms with Gasteiger partial charge >= 0.3 is 5.97 Å². The van der Waals surface area contributed by atoms with E-state index < -0.39 is 11.9 Å². The molecule has 8 heteroatoms. The van der Waals surface area contributed by atoms with E-state index in [1.807, 2.05) is 6.92 Å². The largest absolute Gasteiger partial charge is 0.484 e. The van der Waals surface area contributed by atoms with Crippen molar-refractivity contribution in [3.8, 4) is 5.75 Å². The molecule has 0 heterocycles. The van der Waals surface area contributed by atoms with Crippen molar-refractivity contribution in [2.75, 3.05) is 13.2 Å². The van der Waals surface area contributed by atoms with Crippen LogP contribution in [-0.4, -0.2) is 31.3 Å². The average Bonchev–Trinajstić information content (AvgIpc) is 2.66. The van der Waals surface area contributed by atoms with Gasteiger partial charge in [0.25, 0.3) is 5.91 Å². The maximum absolute atomic E-state index is 11.8. The Hall–Kier alpha value is -2.57. The third-order valence-corrected chi connectivity index (χ3v) is 3.82. The summed E-state index contributed by atoms with van der Waals surface area (Å²) in [5, 5.41) is 4.76. The molecule has 0 bridgehead atoms. The first-order chi connectivity index (χ1) is 13.0. The van der Waals surface area contributed by atoms with Crippen LogP contribution < -0.4 is 10.2 Å². The molecule has 0 aliphatic rings. The zero-order chi connectivity index (χ0) is 19.6. The van der Waals surface area contributed by atoms with Gasteiger partial charge in [0.2, 0.25) is 0 Å². The van der Waals surface area contributed by atoms with Crippen LogP contribution in [0.5, 0.6) is 5.75 Å². The molecular weight excluding hydrogens is 391 g/mol. The zero-order valence-corrected chi connectivity index (χ0v) is 16.1. The molecule has 2 rings (SSSR count). The highest BCUT2D eigenvalue weighted by Crippen LogP contribution is 2.19. The summed E-state index contributed by atoms with van der Waals surface area (Å²) in [5.74, 6) is -0.388. The van der Waals surface area contributed by atoms with Crippen molar-refractivity contribution in [1.29, 1.82) is 0 Å². The van der Waals surface area contributed by atoms with Gasteiger partial charge in [0.1, 0.15) is 5.75 Å². The Morgan fingerprint density at radius 1 is 1.15 bits per heavy atom. The molecule has 1 amide bonds. The molecule has 0 unspecified atom stereocenters. The molecule has 0 aliphatic heterocycles. The van der Waals surface area contributed by atoms with E-state index in [1.165, 1.54) is 6.21 Å². The lowest BCUT2D eigenvalue weighted by Crippen LogP contribution is -2.24. The second-order valence-electron chi connectivity index (χ2n) is 5.41. The Kier molecular flexibility index (Phi) is 8.10. The quantitative estimate of drug-likeness (QED) is 0.405. The highest BCUT2D eigenvalue weighted by Gasteiger charge is 2.07. The van der Waals surface area contributed by atoms with Crippen LogP contribution in [0.4, 0.5) is 0 Å². The van der Waals surface area contributed by atoms with Gasteiger partial charge in [0, 0.05) is 10.6 Å². The van der Waals surface area contributed by atoms with Crippen molar-refractivity contribution in [3.63, 3.8) is 0 Å². The standard InChI is InChI=1S/C19H18Cl2N2O4/c1-2-9-26-19(25)13-4-7-16(8-5-13)27-12-18(24)23-22-11-14-3-6-15(20)10-17(14)21/h3-8,10-11H,2,9,12H2,1H3,(H,23,24). The maximum Gasteiger partial charge on any atom is 0.338 e. The Labute approximate surface area is 167 Å². The van der Waals surface area contributed by atoms with Crippen LogP contribution in [0.25, 0.3) is 0 Å². The lowest BCUT2D eigenvalue weighted by Gasteiger charge is -2.06. The van der Waals surface area contributed by atoms with Crippen molar-refractivity contribution in [1.82, 2.24) is 5.43 Å². The van der Waals surface area contributed by atoms with E-state index in [0.29, 0.717) is 33.5 Å². The van der Waals surface area contributed by atoms with Gasteiger partial charge in [-0.05, 0) is 42.8 Å². The fraction of sp³-hybridized carbons (Fsp3) is 0.211. The molecule has 0 saturated heterocycles. The first kappa shape index (κ1) is 20.7. The number of benzene rings is 2. The molecule has 0 radical (unpaired) electrons. The fourth-order valence-corrected chi connectivity index (χ4v) is 2.38. The predicted octanol–water partition coefficient (Wildman–Crippen LogP) is 4.09. The van der Waals surface area contributed by atoms with Crippen LogP contribution >= 0.6 is 23.2 Å². The third kappa shape index (κ3) is 6.92. The highest BCUT2D eigenvalue weighted by atomic mass is 35.5. The van der Waals surface area contributed by atoms with Crippen LogP contribution in [0.15, 0.2) is 47.6 Å². The van der Waals surface area contributed by atoms with Gasteiger partial charge in [0.15, 0.2) is 6.61 Å². The van der Waals surface area contributed by atoms with E-state index in [1.54, 1.807) is 42.5 Å². The van der Waals surface area contributed by atoms with Crippen molar-refractivity contribution in [2.45, 2.75) is 13.3 Å². The van der Waals surface area contributed by atoms with E-state index in [2.05, 4.69) is 10.5 Å². The molecule has 0 spiro atoms. The molecule has 0 aliphatic carbocycles. The molecule has 1 N–H and O–H groups in total. The minimum Gasteiger partial charge on any atom is -0.484 e. The molecule has 2 aromatic rings. The number of hydrogen-bond donors (Lipinski definition) is 1. The monoisotopic (exact) mass is 408 g/mol. The normalized spacial score (nSPS) is 10.6. The van der Waals surface area contributed by atoms with Crippen molar-refractivity contribution >= 4 is 41.3 Å². The summed E-state index contributed by atoms with van der Waals surface area (Å²) in [4.78, 5) is 23.5. The van der Waals surface area contributed by atoms with Gasteiger partial charge in [-0.1, -0.05) is 36.2 Å². The zero-order valence-electron chi connectivity index (χ0n) is 14.6. The van der Waals surface area contributed by atoms with Gasteiger partial charge in [-0.2, -0.15) is 5.10 Å². The first-order valence-corrected chi connectivity index (χ1v) is 8.92. The number of ether oxygens (including phenoxy) is 2. The average molecular weight is 409 g/mol. The minimum atomic E-state index is -0.442. The molecule has 27 heavy (non-hydrogen) atoms. The van der Waals surface area contributed by atoms with Gasteiger partial charge in [0.05, 0.1) is 23.4 Å². The van der Waals surface area contributed by atoms with Crippen molar-refractivity contribution in [2.24, 2.45) is 5.10 Å². The lowest BCUT2D eigenvalue weighted by molar-refractivity contribution is -0.123. The number of rotatable bonds is 8. The van der Waals surface area contributed by atoms with Crippen LogP contribution in [0.3, 0.4) is 0 Å². The summed E-state index contributed by atoms with van der Waals surface area (Å²) in [5.41, 5.74) is 3.38. The molecular formula is C19H18Cl2N2O4. The Balaban J connectivity index is 1.79. The van der Waals surface area contributed by atoms with Gasteiger partial charge in [-0.15, -0.1) is 0 Å². The summed E-state index contributed by atoms with van der Waals surface area (Å²) >= 11 is 11.8. The van der Waals surface area contributed by atoms with E-state index >= 15 is 0 Å². The molecule has 2 aromatic carbocycles. The topological polar surface area (TPSA) is 77.0 Å². The van der Waals surface area contributed by atoms with Crippen LogP contribution in [0.2, 0.25) is 10.0 Å². The van der Waals surface area contributed by atoms with Crippen LogP contribution in [0.1, 0.15) is 29.3 Å². The SMILES string of the molecule is CCCOC(=O)c1ccc(OCC(=O)NN=Cc2ccc(Cl)cc2Cl)cc1. The smallest absolute Gasteiger partial charge is 0.338 e. The summed E-state index contributed by atoms with van der Waals surface area (Å²) in [6.07, 6.45) is 2.17. The molecule has 6 nitrogen and oxygen atoms in total. The number of nitrogens with zero attached hydrogens (tertiary/aromatic N) is 1. The summed E-state index contributed by atoms with van der Waals surface area (Å²) in [6, 6.07) is 11.3. The molecule has 0 saturated carbocycles. The van der Waals surface area contributed by atoms with E-state index in [-0.39, 0.29) is 6.61 Å².